The zero-order valence-electron chi connectivity index (χ0n) is 19.1. The molecule has 0 saturated heterocycles. The second-order valence-electron chi connectivity index (χ2n) is 8.14. The molecule has 1 amide bonds. The summed E-state index contributed by atoms with van der Waals surface area (Å²) in [6, 6.07) is 15.1. The summed E-state index contributed by atoms with van der Waals surface area (Å²) in [5.41, 5.74) is -0.170. The van der Waals surface area contributed by atoms with Crippen molar-refractivity contribution in [2.45, 2.75) is 42.7 Å². The number of nitrogens with one attached hydrogen (secondary N) is 1. The van der Waals surface area contributed by atoms with Crippen LogP contribution in [0.25, 0.3) is 0 Å². The first-order chi connectivity index (χ1) is 16.2. The minimum atomic E-state index is -4.01. The summed E-state index contributed by atoms with van der Waals surface area (Å²) in [7, 11) is -1.24. The van der Waals surface area contributed by atoms with Crippen LogP contribution in [0.3, 0.4) is 0 Å². The number of rotatable bonds is 9. The zero-order valence-corrected chi connectivity index (χ0v) is 19.9. The summed E-state index contributed by atoms with van der Waals surface area (Å²) in [6.07, 6.45) is 2.80. The van der Waals surface area contributed by atoms with E-state index in [2.05, 4.69) is 11.4 Å². The lowest BCUT2D eigenvalue weighted by atomic mass is 10.00. The molecule has 0 aliphatic heterocycles. The molecule has 1 aliphatic rings. The number of amides is 1. The zero-order chi connectivity index (χ0) is 24.8. The van der Waals surface area contributed by atoms with Gasteiger partial charge in [0.2, 0.25) is 10.0 Å². The molecule has 0 spiro atoms. The second-order valence-corrected chi connectivity index (χ2v) is 10.2. The summed E-state index contributed by atoms with van der Waals surface area (Å²) < 4.78 is 37.9. The van der Waals surface area contributed by atoms with Crippen LogP contribution in [0.5, 0.6) is 5.75 Å². The van der Waals surface area contributed by atoms with E-state index >= 15 is 0 Å². The normalized spacial score (nSPS) is 14.9. The van der Waals surface area contributed by atoms with Crippen LogP contribution in [-0.4, -0.2) is 50.9 Å². The lowest BCUT2D eigenvalue weighted by Crippen LogP contribution is -2.46. The highest BCUT2D eigenvalue weighted by Crippen LogP contribution is 2.30. The Kier molecular flexibility index (Phi) is 7.91. The maximum atomic E-state index is 13.2. The fourth-order valence-corrected chi connectivity index (χ4v) is 5.20. The van der Waals surface area contributed by atoms with Crippen molar-refractivity contribution in [1.82, 2.24) is 9.62 Å². The average molecular weight is 486 g/mol. The fraction of sp³-hybridized carbons (Fsp3) is 0.375. The highest BCUT2D eigenvalue weighted by molar-refractivity contribution is 7.89. The number of hydrogen-bond donors (Lipinski definition) is 1. The molecule has 1 saturated carbocycles. The summed E-state index contributed by atoms with van der Waals surface area (Å²) in [4.78, 5) is 24.6. The van der Waals surface area contributed by atoms with Crippen molar-refractivity contribution in [2.75, 3.05) is 20.8 Å². The molecule has 1 N–H and O–H groups in total. The first-order valence-corrected chi connectivity index (χ1v) is 12.2. The van der Waals surface area contributed by atoms with Crippen LogP contribution in [0, 0.1) is 11.3 Å². The van der Waals surface area contributed by atoms with Gasteiger partial charge in [0.25, 0.3) is 5.91 Å². The lowest BCUT2D eigenvalue weighted by molar-refractivity contribution is -0.125. The van der Waals surface area contributed by atoms with E-state index in [1.165, 1.54) is 32.4 Å². The standard InChI is InChI=1S/C24H27N3O6S/c1-27(15-18-8-4-3-5-9-18)34(30,31)21-14-19(10-11-20(21)32-2)23(29)33-16-22(28)26-24(17-25)12-6-7-13-24/h3-5,8-11,14H,6-7,12-13,15-16H2,1-2H3,(H,26,28). The van der Waals surface area contributed by atoms with Gasteiger partial charge in [0, 0.05) is 13.6 Å². The van der Waals surface area contributed by atoms with E-state index in [1.54, 1.807) is 0 Å². The number of sulfonamides is 1. The van der Waals surface area contributed by atoms with Gasteiger partial charge >= 0.3 is 5.97 Å². The van der Waals surface area contributed by atoms with Gasteiger partial charge in [-0.05, 0) is 49.4 Å². The SMILES string of the molecule is COc1ccc(C(=O)OCC(=O)NC2(C#N)CCCC2)cc1S(=O)(=O)N(C)Cc1ccccc1. The largest absolute Gasteiger partial charge is 0.495 e. The Bertz CT molecular complexity index is 1180. The van der Waals surface area contributed by atoms with E-state index in [-0.39, 0.29) is 22.8 Å². The Morgan fingerprint density at radius 3 is 2.44 bits per heavy atom. The number of ether oxygens (including phenoxy) is 2. The maximum absolute atomic E-state index is 13.2. The van der Waals surface area contributed by atoms with Crippen molar-refractivity contribution >= 4 is 21.9 Å². The Morgan fingerprint density at radius 1 is 1.15 bits per heavy atom. The van der Waals surface area contributed by atoms with Crippen LogP contribution < -0.4 is 10.1 Å². The van der Waals surface area contributed by atoms with Crippen molar-refractivity contribution < 1.29 is 27.5 Å². The van der Waals surface area contributed by atoms with Crippen LogP contribution in [0.2, 0.25) is 0 Å². The van der Waals surface area contributed by atoms with E-state index in [0.717, 1.165) is 22.7 Å². The Hall–Kier alpha value is -3.42. The number of hydrogen-bond acceptors (Lipinski definition) is 7. The van der Waals surface area contributed by atoms with Gasteiger partial charge in [-0.3, -0.25) is 4.79 Å². The molecule has 2 aromatic rings. The maximum Gasteiger partial charge on any atom is 0.338 e. The summed E-state index contributed by atoms with van der Waals surface area (Å²) in [5, 5.41) is 12.0. The highest BCUT2D eigenvalue weighted by atomic mass is 32.2. The first-order valence-electron chi connectivity index (χ1n) is 10.8. The van der Waals surface area contributed by atoms with E-state index in [9.17, 15) is 23.3 Å². The molecule has 0 heterocycles. The molecule has 9 nitrogen and oxygen atoms in total. The van der Waals surface area contributed by atoms with Crippen LogP contribution in [-0.2, 0) is 26.1 Å². The van der Waals surface area contributed by atoms with Gasteiger partial charge in [0.1, 0.15) is 16.2 Å². The predicted octanol–water partition coefficient (Wildman–Crippen LogP) is 2.63. The van der Waals surface area contributed by atoms with Crippen LogP contribution in [0.4, 0.5) is 0 Å². The minimum absolute atomic E-state index is 0.0452. The number of carbonyl (C=O) groups is 2. The number of carbonyl (C=O) groups excluding carboxylic acids is 2. The third-order valence-corrected chi connectivity index (χ3v) is 7.54. The van der Waals surface area contributed by atoms with Gasteiger partial charge in [-0.15, -0.1) is 0 Å². The minimum Gasteiger partial charge on any atom is -0.495 e. The average Bonchev–Trinajstić information content (AvgIpc) is 3.31. The molecule has 3 rings (SSSR count). The molecule has 2 aromatic carbocycles. The summed E-state index contributed by atoms with van der Waals surface area (Å²) >= 11 is 0. The van der Waals surface area contributed by atoms with Gasteiger partial charge in [-0.25, -0.2) is 13.2 Å². The molecule has 1 aliphatic carbocycles. The molecule has 0 atom stereocenters. The number of benzene rings is 2. The van der Waals surface area contributed by atoms with Gasteiger partial charge < -0.3 is 14.8 Å². The molecule has 0 radical (unpaired) electrons. The lowest BCUT2D eigenvalue weighted by Gasteiger charge is -2.21. The second kappa shape index (κ2) is 10.7. The topological polar surface area (TPSA) is 126 Å². The number of methoxy groups -OCH3 is 1. The molecule has 0 bridgehead atoms. The fourth-order valence-electron chi connectivity index (χ4n) is 3.86. The van der Waals surface area contributed by atoms with Gasteiger partial charge in [-0.1, -0.05) is 30.3 Å². The van der Waals surface area contributed by atoms with Crippen molar-refractivity contribution in [3.63, 3.8) is 0 Å². The van der Waals surface area contributed by atoms with Crippen LogP contribution in [0.1, 0.15) is 41.6 Å². The smallest absolute Gasteiger partial charge is 0.338 e. The third-order valence-electron chi connectivity index (χ3n) is 5.72. The summed E-state index contributed by atoms with van der Waals surface area (Å²) in [6.45, 7) is -0.452. The van der Waals surface area contributed by atoms with E-state index in [4.69, 9.17) is 9.47 Å². The van der Waals surface area contributed by atoms with E-state index in [0.29, 0.717) is 12.8 Å². The van der Waals surface area contributed by atoms with Crippen molar-refractivity contribution in [3.8, 4) is 11.8 Å². The summed E-state index contributed by atoms with van der Waals surface area (Å²) in [5.74, 6) is -1.37. The van der Waals surface area contributed by atoms with Gasteiger partial charge in [0.05, 0.1) is 18.7 Å². The van der Waals surface area contributed by atoms with Gasteiger partial charge in [0.15, 0.2) is 6.61 Å². The van der Waals surface area contributed by atoms with E-state index < -0.39 is 34.0 Å². The number of nitrogens with zero attached hydrogens (tertiary/aromatic N) is 2. The molecular weight excluding hydrogens is 458 g/mol. The molecule has 10 heteroatoms. The van der Waals surface area contributed by atoms with Crippen LogP contribution in [0.15, 0.2) is 53.4 Å². The molecule has 34 heavy (non-hydrogen) atoms. The molecule has 1 fully saturated rings. The molecule has 0 aromatic heterocycles. The molecular formula is C24H27N3O6S. The number of nitriles is 1. The Balaban J connectivity index is 1.73. The third kappa shape index (κ3) is 5.73. The number of esters is 1. The van der Waals surface area contributed by atoms with Crippen molar-refractivity contribution in [3.05, 3.63) is 59.7 Å². The predicted molar refractivity (Wildman–Crippen MR) is 123 cm³/mol. The van der Waals surface area contributed by atoms with E-state index in [1.807, 2.05) is 30.3 Å². The quantitative estimate of drug-likeness (QED) is 0.541. The highest BCUT2D eigenvalue weighted by Gasteiger charge is 2.35. The Morgan fingerprint density at radius 2 is 1.82 bits per heavy atom. The van der Waals surface area contributed by atoms with Crippen molar-refractivity contribution in [2.24, 2.45) is 0 Å². The van der Waals surface area contributed by atoms with Gasteiger partial charge in [-0.2, -0.15) is 9.57 Å². The monoisotopic (exact) mass is 485 g/mol. The van der Waals surface area contributed by atoms with Crippen molar-refractivity contribution in [1.29, 1.82) is 5.26 Å². The molecule has 0 unspecified atom stereocenters. The Labute approximate surface area is 199 Å². The first kappa shape index (κ1) is 25.2. The molecule has 180 valence electrons. The van der Waals surface area contributed by atoms with Crippen LogP contribution >= 0.6 is 0 Å².